The van der Waals surface area contributed by atoms with Gasteiger partial charge in [0.25, 0.3) is 0 Å². The van der Waals surface area contributed by atoms with Crippen LogP contribution in [0.4, 0.5) is 0 Å². The first-order valence-electron chi connectivity index (χ1n) is 7.40. The summed E-state index contributed by atoms with van der Waals surface area (Å²) >= 11 is 0. The molecule has 0 aliphatic rings. The molecule has 0 aromatic carbocycles. The maximum atomic E-state index is 9.37. The first-order valence-corrected chi connectivity index (χ1v) is 7.40. The van der Waals surface area contributed by atoms with Gasteiger partial charge in [0.2, 0.25) is 0 Å². The van der Waals surface area contributed by atoms with Gasteiger partial charge in [-0.2, -0.15) is 0 Å². The summed E-state index contributed by atoms with van der Waals surface area (Å²) in [6.07, 6.45) is 14.7. The van der Waals surface area contributed by atoms with Crippen molar-refractivity contribution in [3.63, 3.8) is 0 Å². The molecule has 0 spiro atoms. The number of carboxylic acids is 1. The zero-order valence-corrected chi connectivity index (χ0v) is 12.1. The molecule has 0 saturated heterocycles. The monoisotopic (exact) mass is 244 g/mol. The minimum absolute atomic E-state index is 0.222. The van der Waals surface area contributed by atoms with E-state index >= 15 is 0 Å². The first-order chi connectivity index (χ1) is 8.18. The molecule has 0 rings (SSSR count). The van der Waals surface area contributed by atoms with Crippen molar-refractivity contribution < 1.29 is 9.90 Å². The summed E-state index contributed by atoms with van der Waals surface area (Å²) in [4.78, 5) is 9.37. The van der Waals surface area contributed by atoms with Crippen LogP contribution in [0.15, 0.2) is 0 Å². The lowest BCUT2D eigenvalue weighted by Crippen LogP contribution is -1.86. The maximum Gasteiger partial charge on any atom is 0.303 e. The fourth-order valence-corrected chi connectivity index (χ4v) is 1.56. The smallest absolute Gasteiger partial charge is 0.303 e. The molecule has 0 fully saturated rings. The van der Waals surface area contributed by atoms with Crippen molar-refractivity contribution in [2.45, 2.75) is 91.4 Å². The van der Waals surface area contributed by atoms with Gasteiger partial charge in [-0.05, 0) is 0 Å². The Hall–Kier alpha value is -0.530. The highest BCUT2D eigenvalue weighted by Crippen LogP contribution is 2.09. The van der Waals surface area contributed by atoms with Gasteiger partial charge in [-0.15, -0.1) is 0 Å². The molecule has 2 heteroatoms. The zero-order valence-electron chi connectivity index (χ0n) is 12.1. The maximum absolute atomic E-state index is 9.37. The number of aliphatic carboxylic acids is 1. The lowest BCUT2D eigenvalue weighted by Gasteiger charge is -1.99. The number of hydrogen-bond acceptors (Lipinski definition) is 1. The Morgan fingerprint density at radius 1 is 0.706 bits per heavy atom. The molecule has 104 valence electrons. The molecule has 1 N–H and O–H groups in total. The molecule has 2 nitrogen and oxygen atoms in total. The molecular weight excluding hydrogens is 212 g/mol. The third-order valence-corrected chi connectivity index (χ3v) is 2.76. The predicted molar refractivity (Wildman–Crippen MR) is 75.4 cm³/mol. The molecule has 0 heterocycles. The Balaban J connectivity index is 0. The second-order valence-corrected chi connectivity index (χ2v) is 4.58. The van der Waals surface area contributed by atoms with Crippen LogP contribution in [0.5, 0.6) is 0 Å². The van der Waals surface area contributed by atoms with Crippen molar-refractivity contribution in [1.29, 1.82) is 0 Å². The van der Waals surface area contributed by atoms with E-state index in [1.165, 1.54) is 64.2 Å². The summed E-state index contributed by atoms with van der Waals surface area (Å²) in [5.74, 6) is -0.745. The van der Waals surface area contributed by atoms with Crippen molar-refractivity contribution in [2.75, 3.05) is 0 Å². The second-order valence-electron chi connectivity index (χ2n) is 4.58. The molecule has 0 bridgehead atoms. The number of hydrogen-bond donors (Lipinski definition) is 1. The lowest BCUT2D eigenvalue weighted by atomic mass is 10.1. The van der Waals surface area contributed by atoms with Gasteiger partial charge in [-0.25, -0.2) is 0 Å². The molecule has 0 amide bonds. The van der Waals surface area contributed by atoms with Crippen molar-refractivity contribution >= 4 is 5.97 Å². The fourth-order valence-electron chi connectivity index (χ4n) is 1.56. The standard InChI is InChI=1S/C12H26.C3H6O2/c1-3-5-7-9-11-12-10-8-6-4-2;1-2-3(4)5/h3-12H2,1-2H3;2H2,1H3,(H,4,5). The average Bonchev–Trinajstić information content (AvgIpc) is 2.33. The van der Waals surface area contributed by atoms with Gasteiger partial charge in [0.1, 0.15) is 0 Å². The van der Waals surface area contributed by atoms with Crippen LogP contribution in [0.2, 0.25) is 0 Å². The Bertz CT molecular complexity index is 134. The second kappa shape index (κ2) is 17.9. The van der Waals surface area contributed by atoms with E-state index in [0.29, 0.717) is 0 Å². The quantitative estimate of drug-likeness (QED) is 0.522. The van der Waals surface area contributed by atoms with Crippen LogP contribution in [0, 0.1) is 0 Å². The summed E-state index contributed by atoms with van der Waals surface area (Å²) in [6.45, 7) is 6.16. The lowest BCUT2D eigenvalue weighted by molar-refractivity contribution is -0.136. The third kappa shape index (κ3) is 25.6. The van der Waals surface area contributed by atoms with E-state index in [2.05, 4.69) is 13.8 Å². The molecule has 0 saturated carbocycles. The van der Waals surface area contributed by atoms with E-state index in [9.17, 15) is 4.79 Å². The Kier molecular flexibility index (Phi) is 19.8. The highest BCUT2D eigenvalue weighted by Gasteiger charge is 1.90. The van der Waals surface area contributed by atoms with E-state index in [-0.39, 0.29) is 6.42 Å². The van der Waals surface area contributed by atoms with Gasteiger partial charge in [-0.3, -0.25) is 4.79 Å². The van der Waals surface area contributed by atoms with Crippen molar-refractivity contribution in [1.82, 2.24) is 0 Å². The highest BCUT2D eigenvalue weighted by molar-refractivity contribution is 5.66. The molecular formula is C15H32O2. The van der Waals surface area contributed by atoms with Crippen LogP contribution in [0.25, 0.3) is 0 Å². The van der Waals surface area contributed by atoms with E-state index in [0.717, 1.165) is 0 Å². The van der Waals surface area contributed by atoms with Gasteiger partial charge in [-0.1, -0.05) is 85.0 Å². The largest absolute Gasteiger partial charge is 0.481 e. The van der Waals surface area contributed by atoms with Crippen molar-refractivity contribution in [3.05, 3.63) is 0 Å². The third-order valence-electron chi connectivity index (χ3n) is 2.76. The summed E-state index contributed by atoms with van der Waals surface area (Å²) in [5, 5.41) is 7.72. The number of carbonyl (C=O) groups is 1. The summed E-state index contributed by atoms with van der Waals surface area (Å²) < 4.78 is 0. The first kappa shape index (κ1) is 18.8. The Labute approximate surface area is 108 Å². The molecule has 0 unspecified atom stereocenters. The van der Waals surface area contributed by atoms with E-state index in [1.54, 1.807) is 6.92 Å². The summed E-state index contributed by atoms with van der Waals surface area (Å²) in [6, 6.07) is 0. The molecule has 0 radical (unpaired) electrons. The minimum atomic E-state index is -0.745. The number of carboxylic acid groups (broad SMARTS) is 1. The minimum Gasteiger partial charge on any atom is -0.481 e. The van der Waals surface area contributed by atoms with Crippen LogP contribution < -0.4 is 0 Å². The average molecular weight is 244 g/mol. The van der Waals surface area contributed by atoms with Gasteiger partial charge in [0, 0.05) is 6.42 Å². The molecule has 0 aliphatic carbocycles. The topological polar surface area (TPSA) is 37.3 Å². The summed E-state index contributed by atoms with van der Waals surface area (Å²) in [7, 11) is 0. The van der Waals surface area contributed by atoms with Gasteiger partial charge in [0.15, 0.2) is 0 Å². The Morgan fingerprint density at radius 3 is 1.12 bits per heavy atom. The van der Waals surface area contributed by atoms with Crippen molar-refractivity contribution in [3.8, 4) is 0 Å². The molecule has 0 aromatic rings. The number of rotatable bonds is 10. The molecule has 0 atom stereocenters. The van der Waals surface area contributed by atoms with Crippen LogP contribution in [-0.2, 0) is 4.79 Å². The molecule has 0 aromatic heterocycles. The molecule has 0 aliphatic heterocycles. The summed E-state index contributed by atoms with van der Waals surface area (Å²) in [5.41, 5.74) is 0. The SMILES string of the molecule is CCC(=O)O.CCCCCCCCCCCC. The normalized spacial score (nSPS) is 9.59. The van der Waals surface area contributed by atoms with Crippen LogP contribution in [0.3, 0.4) is 0 Å². The van der Waals surface area contributed by atoms with Gasteiger partial charge in [0.05, 0.1) is 0 Å². The van der Waals surface area contributed by atoms with Crippen molar-refractivity contribution in [2.24, 2.45) is 0 Å². The predicted octanol–water partition coefficient (Wildman–Crippen LogP) is 5.41. The van der Waals surface area contributed by atoms with E-state index in [4.69, 9.17) is 5.11 Å². The Morgan fingerprint density at radius 2 is 0.941 bits per heavy atom. The van der Waals surface area contributed by atoms with Crippen LogP contribution >= 0.6 is 0 Å². The highest BCUT2D eigenvalue weighted by atomic mass is 16.4. The van der Waals surface area contributed by atoms with E-state index < -0.39 is 5.97 Å². The number of unbranched alkanes of at least 4 members (excludes halogenated alkanes) is 9. The zero-order chi connectivity index (χ0) is 13.4. The molecule has 17 heavy (non-hydrogen) atoms. The van der Waals surface area contributed by atoms with E-state index in [1.807, 2.05) is 0 Å². The van der Waals surface area contributed by atoms with Gasteiger partial charge < -0.3 is 5.11 Å². The van der Waals surface area contributed by atoms with Gasteiger partial charge >= 0.3 is 5.97 Å². The van der Waals surface area contributed by atoms with Crippen LogP contribution in [-0.4, -0.2) is 11.1 Å². The van der Waals surface area contributed by atoms with Crippen LogP contribution in [0.1, 0.15) is 91.4 Å². The fraction of sp³-hybridized carbons (Fsp3) is 0.933.